The minimum atomic E-state index is -0.933. The molecule has 0 aliphatic heterocycles. The Balaban J connectivity index is 3.25. The molecule has 0 fully saturated rings. The van der Waals surface area contributed by atoms with Crippen LogP contribution >= 0.6 is 0 Å². The Morgan fingerprint density at radius 1 is 1.53 bits per heavy atom. The first kappa shape index (κ1) is 15.4. The zero-order valence-electron chi connectivity index (χ0n) is 12.2. The Labute approximate surface area is 113 Å². The molecule has 0 atom stereocenters. The molecule has 0 spiro atoms. The highest BCUT2D eigenvalue weighted by Crippen LogP contribution is 2.31. The molecular formula is C12H22N4O3. The van der Waals surface area contributed by atoms with Crippen molar-refractivity contribution in [2.75, 3.05) is 18.5 Å². The van der Waals surface area contributed by atoms with Crippen LogP contribution in [-0.2, 0) is 6.54 Å². The monoisotopic (exact) mass is 270 g/mol. The van der Waals surface area contributed by atoms with Gasteiger partial charge in [-0.1, -0.05) is 6.92 Å². The number of hydrogen-bond donors (Lipinski definition) is 1. The fourth-order valence-electron chi connectivity index (χ4n) is 2.17. The van der Waals surface area contributed by atoms with Crippen LogP contribution in [0.4, 0.5) is 11.5 Å². The van der Waals surface area contributed by atoms with Crippen LogP contribution in [-0.4, -0.2) is 39.0 Å². The number of nitrogens with zero attached hydrogens (tertiary/aromatic N) is 4. The molecule has 19 heavy (non-hydrogen) atoms. The van der Waals surface area contributed by atoms with Gasteiger partial charge in [-0.15, -0.1) is 0 Å². The van der Waals surface area contributed by atoms with E-state index in [4.69, 9.17) is 0 Å². The summed E-state index contributed by atoms with van der Waals surface area (Å²) in [4.78, 5) is 12.5. The lowest BCUT2D eigenvalue weighted by Crippen LogP contribution is -2.37. The molecule has 0 unspecified atom stereocenters. The molecule has 7 heteroatoms. The van der Waals surface area contributed by atoms with Gasteiger partial charge in [-0.2, -0.15) is 5.10 Å². The van der Waals surface area contributed by atoms with E-state index in [0.717, 1.165) is 6.42 Å². The van der Waals surface area contributed by atoms with Crippen molar-refractivity contribution < 1.29 is 10.0 Å². The van der Waals surface area contributed by atoms with Crippen molar-refractivity contribution in [1.82, 2.24) is 9.78 Å². The first-order valence-corrected chi connectivity index (χ1v) is 6.32. The summed E-state index contributed by atoms with van der Waals surface area (Å²) in [5.41, 5.74) is -0.520. The van der Waals surface area contributed by atoms with E-state index in [1.54, 1.807) is 37.4 Å². The maximum absolute atomic E-state index is 11.2. The van der Waals surface area contributed by atoms with Crippen molar-refractivity contribution in [1.29, 1.82) is 0 Å². The number of likely N-dealkylation sites (N-methyl/N-ethyl adjacent to an activating group) is 1. The van der Waals surface area contributed by atoms with E-state index in [1.807, 2.05) is 6.92 Å². The summed E-state index contributed by atoms with van der Waals surface area (Å²) in [6, 6.07) is 0. The smallest absolute Gasteiger partial charge is 0.333 e. The highest BCUT2D eigenvalue weighted by atomic mass is 16.6. The van der Waals surface area contributed by atoms with Gasteiger partial charge in [0, 0.05) is 20.1 Å². The third-order valence-electron chi connectivity index (χ3n) is 2.67. The fourth-order valence-corrected chi connectivity index (χ4v) is 2.17. The normalized spacial score (nSPS) is 11.7. The summed E-state index contributed by atoms with van der Waals surface area (Å²) in [6.45, 7) is 7.86. The molecule has 0 aromatic carbocycles. The van der Waals surface area contributed by atoms with Crippen molar-refractivity contribution >= 4 is 11.5 Å². The van der Waals surface area contributed by atoms with E-state index >= 15 is 0 Å². The minimum absolute atomic E-state index is 0.0141. The molecule has 0 aliphatic carbocycles. The Morgan fingerprint density at radius 2 is 2.11 bits per heavy atom. The first-order valence-electron chi connectivity index (χ1n) is 6.32. The van der Waals surface area contributed by atoms with Crippen LogP contribution in [0.15, 0.2) is 0 Å². The van der Waals surface area contributed by atoms with Crippen molar-refractivity contribution in [3.05, 3.63) is 15.8 Å². The van der Waals surface area contributed by atoms with E-state index in [1.165, 1.54) is 0 Å². The molecule has 0 saturated heterocycles. The van der Waals surface area contributed by atoms with Gasteiger partial charge in [-0.05, 0) is 27.2 Å². The SMILES string of the molecule is CCCn1nc(C)c([N+](=O)[O-])c1N(C)CC(C)(C)O. The van der Waals surface area contributed by atoms with Crippen LogP contribution in [0.3, 0.4) is 0 Å². The minimum Gasteiger partial charge on any atom is -0.389 e. The average Bonchev–Trinajstić information content (AvgIpc) is 2.53. The highest BCUT2D eigenvalue weighted by Gasteiger charge is 2.29. The second kappa shape index (κ2) is 5.56. The lowest BCUT2D eigenvalue weighted by molar-refractivity contribution is -0.384. The van der Waals surface area contributed by atoms with Crippen molar-refractivity contribution in [3.8, 4) is 0 Å². The molecule has 7 nitrogen and oxygen atoms in total. The number of rotatable bonds is 6. The molecular weight excluding hydrogens is 248 g/mol. The molecule has 1 heterocycles. The molecule has 1 aromatic rings. The Hall–Kier alpha value is -1.63. The summed E-state index contributed by atoms with van der Waals surface area (Å²) in [5.74, 6) is 0.450. The maximum Gasteiger partial charge on any atom is 0.333 e. The van der Waals surface area contributed by atoms with Gasteiger partial charge in [0.05, 0.1) is 10.5 Å². The average molecular weight is 270 g/mol. The summed E-state index contributed by atoms with van der Waals surface area (Å²) in [6.07, 6.45) is 0.835. The predicted molar refractivity (Wildman–Crippen MR) is 73.5 cm³/mol. The van der Waals surface area contributed by atoms with Crippen molar-refractivity contribution in [2.24, 2.45) is 0 Å². The third-order valence-corrected chi connectivity index (χ3v) is 2.67. The lowest BCUT2D eigenvalue weighted by atomic mass is 10.1. The van der Waals surface area contributed by atoms with Crippen LogP contribution in [0.1, 0.15) is 32.9 Å². The van der Waals surface area contributed by atoms with Gasteiger partial charge in [-0.3, -0.25) is 10.1 Å². The molecule has 0 bridgehead atoms. The highest BCUT2D eigenvalue weighted by molar-refractivity contribution is 5.61. The largest absolute Gasteiger partial charge is 0.389 e. The summed E-state index contributed by atoms with van der Waals surface area (Å²) < 4.78 is 1.64. The number of hydrogen-bond acceptors (Lipinski definition) is 5. The Morgan fingerprint density at radius 3 is 2.53 bits per heavy atom. The Kier molecular flexibility index (Phi) is 4.52. The van der Waals surface area contributed by atoms with Gasteiger partial charge < -0.3 is 10.0 Å². The first-order chi connectivity index (χ1) is 8.67. The summed E-state index contributed by atoms with van der Waals surface area (Å²) in [5, 5.41) is 25.3. The lowest BCUT2D eigenvalue weighted by Gasteiger charge is -2.26. The van der Waals surface area contributed by atoms with E-state index < -0.39 is 10.5 Å². The van der Waals surface area contributed by atoms with E-state index in [2.05, 4.69) is 5.10 Å². The maximum atomic E-state index is 11.2. The number of anilines is 1. The summed E-state index contributed by atoms with van der Waals surface area (Å²) in [7, 11) is 1.73. The van der Waals surface area contributed by atoms with Gasteiger partial charge in [-0.25, -0.2) is 4.68 Å². The van der Waals surface area contributed by atoms with Crippen LogP contribution in [0.25, 0.3) is 0 Å². The third kappa shape index (κ3) is 3.66. The standard InChI is InChI=1S/C12H22N4O3/c1-6-7-15-11(14(5)8-12(3,4)17)10(16(18)19)9(2)13-15/h17H,6-8H2,1-5H3. The van der Waals surface area contributed by atoms with Gasteiger partial charge in [0.1, 0.15) is 5.69 Å². The number of aromatic nitrogens is 2. The van der Waals surface area contributed by atoms with Crippen LogP contribution in [0, 0.1) is 17.0 Å². The summed E-state index contributed by atoms with van der Waals surface area (Å²) >= 11 is 0. The van der Waals surface area contributed by atoms with Crippen LogP contribution in [0.2, 0.25) is 0 Å². The molecule has 0 amide bonds. The molecule has 108 valence electrons. The quantitative estimate of drug-likeness (QED) is 0.628. The van der Waals surface area contributed by atoms with Crippen LogP contribution in [0.5, 0.6) is 0 Å². The van der Waals surface area contributed by atoms with E-state index in [0.29, 0.717) is 24.6 Å². The van der Waals surface area contributed by atoms with Crippen molar-refractivity contribution in [2.45, 2.75) is 46.3 Å². The zero-order valence-corrected chi connectivity index (χ0v) is 12.2. The predicted octanol–water partition coefficient (Wildman–Crippen LogP) is 1.72. The van der Waals surface area contributed by atoms with Crippen LogP contribution < -0.4 is 4.90 Å². The number of nitro groups is 1. The second-order valence-electron chi connectivity index (χ2n) is 5.41. The molecule has 0 radical (unpaired) electrons. The zero-order chi connectivity index (χ0) is 14.8. The Bertz CT molecular complexity index is 462. The molecule has 1 rings (SSSR count). The van der Waals surface area contributed by atoms with Crippen molar-refractivity contribution in [3.63, 3.8) is 0 Å². The second-order valence-corrected chi connectivity index (χ2v) is 5.41. The molecule has 1 N–H and O–H groups in total. The van der Waals surface area contributed by atoms with E-state index in [-0.39, 0.29) is 5.69 Å². The topological polar surface area (TPSA) is 84.4 Å². The fraction of sp³-hybridized carbons (Fsp3) is 0.750. The van der Waals surface area contributed by atoms with E-state index in [9.17, 15) is 15.2 Å². The van der Waals surface area contributed by atoms with Gasteiger partial charge in [0.15, 0.2) is 0 Å². The molecule has 0 aliphatic rings. The number of aliphatic hydroxyl groups is 1. The van der Waals surface area contributed by atoms with Gasteiger partial charge in [0.25, 0.3) is 0 Å². The molecule has 0 saturated carbocycles. The number of aryl methyl sites for hydroxylation is 2. The van der Waals surface area contributed by atoms with Gasteiger partial charge in [0.2, 0.25) is 5.82 Å². The molecule has 1 aromatic heterocycles. The van der Waals surface area contributed by atoms with Gasteiger partial charge >= 0.3 is 5.69 Å².